The molecular weight excluding hydrogens is 318 g/mol. The minimum Gasteiger partial charge on any atom is -0.383 e. The van der Waals surface area contributed by atoms with Gasteiger partial charge in [0, 0.05) is 37.5 Å². The zero-order valence-corrected chi connectivity index (χ0v) is 14.5. The van der Waals surface area contributed by atoms with Crippen molar-refractivity contribution in [3.05, 3.63) is 10.6 Å². The molecule has 0 aromatic carbocycles. The summed E-state index contributed by atoms with van der Waals surface area (Å²) in [6.07, 6.45) is 0.691. The summed E-state index contributed by atoms with van der Waals surface area (Å²) in [4.78, 5) is 31.0. The summed E-state index contributed by atoms with van der Waals surface area (Å²) in [6, 6.07) is -0.302. The van der Waals surface area contributed by atoms with Crippen molar-refractivity contribution in [3.63, 3.8) is 0 Å². The summed E-state index contributed by atoms with van der Waals surface area (Å²) in [5, 5.41) is 8.87. The number of anilines is 1. The van der Waals surface area contributed by atoms with Crippen LogP contribution in [0.4, 0.5) is 14.7 Å². The van der Waals surface area contributed by atoms with E-state index in [1.807, 2.05) is 13.8 Å². The van der Waals surface area contributed by atoms with Crippen molar-refractivity contribution in [1.82, 2.24) is 20.5 Å². The second-order valence-electron chi connectivity index (χ2n) is 5.54. The molecule has 0 fully saturated rings. The molecule has 0 bridgehead atoms. The maximum Gasteiger partial charge on any atom is 0.321 e. The van der Waals surface area contributed by atoms with Crippen LogP contribution in [0.15, 0.2) is 0 Å². The predicted octanol–water partition coefficient (Wildman–Crippen LogP) is 1.39. The number of aromatic nitrogens is 1. The number of carbonyl (C=O) groups is 2. The number of hydrogen-bond acceptors (Lipinski definition) is 5. The third kappa shape index (κ3) is 5.07. The van der Waals surface area contributed by atoms with E-state index >= 15 is 0 Å². The summed E-state index contributed by atoms with van der Waals surface area (Å²) in [7, 11) is 1.60. The average molecular weight is 341 g/mol. The fraction of sp³-hybridized carbons (Fsp3) is 0.643. The van der Waals surface area contributed by atoms with Gasteiger partial charge in [0.1, 0.15) is 0 Å². The highest BCUT2D eigenvalue weighted by Gasteiger charge is 2.24. The van der Waals surface area contributed by atoms with Crippen LogP contribution in [0.25, 0.3) is 0 Å². The number of urea groups is 2. The lowest BCUT2D eigenvalue weighted by Gasteiger charge is -2.26. The molecule has 4 amide bonds. The second-order valence-corrected chi connectivity index (χ2v) is 6.62. The third-order valence-electron chi connectivity index (χ3n) is 3.24. The van der Waals surface area contributed by atoms with E-state index in [1.165, 1.54) is 11.3 Å². The van der Waals surface area contributed by atoms with Crippen LogP contribution in [0, 0.1) is 0 Å². The van der Waals surface area contributed by atoms with Crippen LogP contribution in [0.2, 0.25) is 0 Å². The highest BCUT2D eigenvalue weighted by molar-refractivity contribution is 7.15. The van der Waals surface area contributed by atoms with E-state index in [0.29, 0.717) is 37.8 Å². The Hall–Kier alpha value is -1.87. The summed E-state index contributed by atoms with van der Waals surface area (Å²) >= 11 is 1.41. The van der Waals surface area contributed by atoms with Gasteiger partial charge in [-0.1, -0.05) is 11.3 Å². The summed E-state index contributed by atoms with van der Waals surface area (Å²) in [5.74, 6) is 0. The predicted molar refractivity (Wildman–Crippen MR) is 88.8 cm³/mol. The van der Waals surface area contributed by atoms with Gasteiger partial charge in [0.25, 0.3) is 0 Å². The zero-order valence-electron chi connectivity index (χ0n) is 13.6. The SMILES string of the molecule is COCCNC(=O)N1CCc2nc(NC(=O)NC(C)C)sc2C1. The molecular formula is C14H23N5O3S. The molecule has 3 N–H and O–H groups in total. The molecule has 1 aliphatic heterocycles. The van der Waals surface area contributed by atoms with Crippen LogP contribution in [0.1, 0.15) is 24.4 Å². The van der Waals surface area contributed by atoms with E-state index < -0.39 is 0 Å². The minimum atomic E-state index is -0.264. The van der Waals surface area contributed by atoms with Crippen LogP contribution in [-0.4, -0.2) is 54.8 Å². The molecule has 2 rings (SSSR count). The molecule has 0 atom stereocenters. The maximum atomic E-state index is 12.1. The lowest BCUT2D eigenvalue weighted by molar-refractivity contribution is 0.176. The zero-order chi connectivity index (χ0) is 16.8. The number of nitrogens with one attached hydrogen (secondary N) is 3. The van der Waals surface area contributed by atoms with Crippen molar-refractivity contribution in [2.75, 3.05) is 32.1 Å². The van der Waals surface area contributed by atoms with Crippen molar-refractivity contribution < 1.29 is 14.3 Å². The third-order valence-corrected chi connectivity index (χ3v) is 4.24. The van der Waals surface area contributed by atoms with Crippen LogP contribution in [-0.2, 0) is 17.7 Å². The average Bonchev–Trinajstić information content (AvgIpc) is 2.87. The van der Waals surface area contributed by atoms with Crippen LogP contribution in [0.5, 0.6) is 0 Å². The van der Waals surface area contributed by atoms with E-state index in [9.17, 15) is 9.59 Å². The number of hydrogen-bond donors (Lipinski definition) is 3. The molecule has 1 aromatic heterocycles. The summed E-state index contributed by atoms with van der Waals surface area (Å²) < 4.78 is 4.92. The first-order valence-electron chi connectivity index (χ1n) is 7.57. The van der Waals surface area contributed by atoms with E-state index in [4.69, 9.17) is 4.74 Å². The van der Waals surface area contributed by atoms with E-state index in [-0.39, 0.29) is 18.1 Å². The number of amides is 4. The van der Waals surface area contributed by atoms with Crippen molar-refractivity contribution in [3.8, 4) is 0 Å². The molecule has 0 unspecified atom stereocenters. The van der Waals surface area contributed by atoms with Crippen molar-refractivity contribution >= 4 is 28.5 Å². The van der Waals surface area contributed by atoms with Crippen LogP contribution >= 0.6 is 11.3 Å². The quantitative estimate of drug-likeness (QED) is 0.705. The Labute approximate surface area is 139 Å². The molecule has 0 spiro atoms. The normalized spacial score (nSPS) is 13.7. The number of rotatable bonds is 5. The molecule has 0 saturated heterocycles. The lowest BCUT2D eigenvalue weighted by Crippen LogP contribution is -2.43. The molecule has 0 aliphatic carbocycles. The largest absolute Gasteiger partial charge is 0.383 e. The van der Waals surface area contributed by atoms with Gasteiger partial charge in [0.05, 0.1) is 18.8 Å². The molecule has 1 aliphatic rings. The highest BCUT2D eigenvalue weighted by atomic mass is 32.1. The fourth-order valence-electron chi connectivity index (χ4n) is 2.19. The molecule has 128 valence electrons. The first-order valence-corrected chi connectivity index (χ1v) is 8.39. The first-order chi connectivity index (χ1) is 11.0. The molecule has 8 nitrogen and oxygen atoms in total. The van der Waals surface area contributed by atoms with Gasteiger partial charge in [0.15, 0.2) is 5.13 Å². The number of ether oxygens (including phenoxy) is 1. The number of nitrogens with zero attached hydrogens (tertiary/aromatic N) is 2. The Morgan fingerprint density at radius 3 is 2.91 bits per heavy atom. The Morgan fingerprint density at radius 2 is 2.22 bits per heavy atom. The van der Waals surface area contributed by atoms with Gasteiger partial charge in [-0.05, 0) is 13.8 Å². The summed E-state index contributed by atoms with van der Waals surface area (Å²) in [6.45, 7) is 5.90. The molecule has 1 aromatic rings. The molecule has 23 heavy (non-hydrogen) atoms. The number of methoxy groups -OCH3 is 1. The fourth-order valence-corrected chi connectivity index (χ4v) is 3.21. The second kappa shape index (κ2) is 8.11. The van der Waals surface area contributed by atoms with Crippen LogP contribution < -0.4 is 16.0 Å². The Bertz CT molecular complexity index is 561. The van der Waals surface area contributed by atoms with Crippen molar-refractivity contribution in [1.29, 1.82) is 0 Å². The van der Waals surface area contributed by atoms with E-state index in [2.05, 4.69) is 20.9 Å². The first kappa shape index (κ1) is 17.5. The molecule has 9 heteroatoms. The number of carbonyl (C=O) groups excluding carboxylic acids is 2. The highest BCUT2D eigenvalue weighted by Crippen LogP contribution is 2.28. The van der Waals surface area contributed by atoms with Crippen molar-refractivity contribution in [2.45, 2.75) is 32.9 Å². The Morgan fingerprint density at radius 1 is 1.43 bits per heavy atom. The summed E-state index contributed by atoms with van der Waals surface area (Å²) in [5.41, 5.74) is 0.954. The number of thiazole rings is 1. The van der Waals surface area contributed by atoms with Crippen molar-refractivity contribution in [2.24, 2.45) is 0 Å². The van der Waals surface area contributed by atoms with Gasteiger partial charge in [-0.3, -0.25) is 5.32 Å². The van der Waals surface area contributed by atoms with Gasteiger partial charge in [0.2, 0.25) is 0 Å². The maximum absolute atomic E-state index is 12.1. The standard InChI is InChI=1S/C14H23N5O3S/c1-9(2)16-12(20)18-13-17-10-4-6-19(8-11(10)23-13)14(21)15-5-7-22-3/h9H,4-8H2,1-3H3,(H,15,21)(H2,16,17,18,20). The lowest BCUT2D eigenvalue weighted by atomic mass is 10.2. The monoisotopic (exact) mass is 341 g/mol. The van der Waals surface area contributed by atoms with Gasteiger partial charge >= 0.3 is 12.1 Å². The van der Waals surface area contributed by atoms with Gasteiger partial charge in [-0.25, -0.2) is 14.6 Å². The molecule has 0 radical (unpaired) electrons. The Kier molecular flexibility index (Phi) is 6.17. The van der Waals surface area contributed by atoms with Crippen LogP contribution in [0.3, 0.4) is 0 Å². The smallest absolute Gasteiger partial charge is 0.321 e. The van der Waals surface area contributed by atoms with Gasteiger partial charge in [-0.15, -0.1) is 0 Å². The topological polar surface area (TPSA) is 95.6 Å². The van der Waals surface area contributed by atoms with E-state index in [1.54, 1.807) is 12.0 Å². The molecule has 2 heterocycles. The minimum absolute atomic E-state index is 0.0656. The number of fused-ring (bicyclic) bond motifs is 1. The van der Waals surface area contributed by atoms with Gasteiger partial charge in [-0.2, -0.15) is 0 Å². The Balaban J connectivity index is 1.91. The van der Waals surface area contributed by atoms with E-state index in [0.717, 1.165) is 10.6 Å². The molecule has 0 saturated carbocycles. The van der Waals surface area contributed by atoms with Gasteiger partial charge < -0.3 is 20.3 Å².